The van der Waals surface area contributed by atoms with Gasteiger partial charge in [0.1, 0.15) is 9.96 Å². The van der Waals surface area contributed by atoms with Gasteiger partial charge in [-0.25, -0.2) is 8.42 Å². The predicted octanol–water partition coefficient (Wildman–Crippen LogP) is 4.48. The first-order chi connectivity index (χ1) is 15.7. The molecule has 4 aromatic rings. The fourth-order valence-corrected chi connectivity index (χ4v) is 6.96. The van der Waals surface area contributed by atoms with Gasteiger partial charge in [-0.2, -0.15) is 5.10 Å². The molecule has 4 rings (SSSR count). The molecule has 1 amide bonds. The molecule has 2 aromatic heterocycles. The Bertz CT molecular complexity index is 1440. The highest BCUT2D eigenvalue weighted by Crippen LogP contribution is 2.35. The first-order valence-electron chi connectivity index (χ1n) is 10.1. The fourth-order valence-electron chi connectivity index (χ4n) is 3.81. The normalized spacial score (nSPS) is 12.7. The number of carbonyl (C=O) groups excluding carboxylic acids is 1. The molecule has 33 heavy (non-hydrogen) atoms. The van der Waals surface area contributed by atoms with Gasteiger partial charge in [0.05, 0.1) is 40.3 Å². The molecule has 2 aromatic carbocycles. The Hall–Kier alpha value is -2.88. The van der Waals surface area contributed by atoms with Crippen molar-refractivity contribution in [3.8, 4) is 5.75 Å². The molecule has 0 saturated carbocycles. The number of hydrogen-bond acceptors (Lipinski definition) is 6. The van der Waals surface area contributed by atoms with E-state index in [1.54, 1.807) is 36.1 Å². The second-order valence-corrected chi connectivity index (χ2v) is 11.7. The van der Waals surface area contributed by atoms with Crippen LogP contribution >= 0.6 is 22.9 Å². The number of carbonyl (C=O) groups is 1. The number of methoxy groups -OCH3 is 1. The zero-order valence-corrected chi connectivity index (χ0v) is 20.4. The Labute approximate surface area is 200 Å². The molecule has 2 heterocycles. The molecule has 0 saturated heterocycles. The monoisotopic (exact) mass is 503 g/mol. The van der Waals surface area contributed by atoms with Crippen LogP contribution in [0.4, 0.5) is 0 Å². The van der Waals surface area contributed by atoms with Gasteiger partial charge in [-0.3, -0.25) is 9.48 Å². The maximum absolute atomic E-state index is 13.0. The number of sulfone groups is 1. The van der Waals surface area contributed by atoms with Crippen molar-refractivity contribution in [3.63, 3.8) is 0 Å². The molecule has 0 aliphatic carbocycles. The molecule has 1 atom stereocenters. The number of nitrogens with zero attached hydrogens (tertiary/aromatic N) is 2. The number of benzene rings is 2. The van der Waals surface area contributed by atoms with E-state index in [4.69, 9.17) is 27.2 Å². The number of ether oxygens (including phenoxy) is 1. The van der Waals surface area contributed by atoms with Crippen molar-refractivity contribution in [2.45, 2.75) is 23.6 Å². The van der Waals surface area contributed by atoms with Crippen molar-refractivity contribution in [3.05, 3.63) is 75.8 Å². The van der Waals surface area contributed by atoms with E-state index >= 15 is 0 Å². The summed E-state index contributed by atoms with van der Waals surface area (Å²) in [6.07, 6.45) is 0. The molecule has 7 nitrogen and oxygen atoms in total. The fraction of sp³-hybridized carbons (Fsp3) is 0.217. The van der Waals surface area contributed by atoms with Crippen molar-refractivity contribution in [2.75, 3.05) is 12.9 Å². The van der Waals surface area contributed by atoms with Crippen molar-refractivity contribution in [2.24, 2.45) is 5.73 Å². The summed E-state index contributed by atoms with van der Waals surface area (Å²) in [5.41, 5.74) is 8.10. The zero-order chi connectivity index (χ0) is 23.8. The van der Waals surface area contributed by atoms with Gasteiger partial charge >= 0.3 is 0 Å². The molecular weight excluding hydrogens is 482 g/mol. The second kappa shape index (κ2) is 9.17. The largest absolute Gasteiger partial charge is 0.496 e. The highest BCUT2D eigenvalue weighted by Gasteiger charge is 2.26. The van der Waals surface area contributed by atoms with Crippen LogP contribution in [0.2, 0.25) is 4.34 Å². The molecule has 0 bridgehead atoms. The molecule has 0 radical (unpaired) electrons. The van der Waals surface area contributed by atoms with Crippen LogP contribution in [0.25, 0.3) is 10.9 Å². The minimum Gasteiger partial charge on any atom is -0.496 e. The summed E-state index contributed by atoms with van der Waals surface area (Å²) >= 11 is 6.98. The van der Waals surface area contributed by atoms with Gasteiger partial charge in [0, 0.05) is 11.5 Å². The van der Waals surface area contributed by atoms with Crippen LogP contribution < -0.4 is 10.5 Å². The van der Waals surface area contributed by atoms with E-state index in [9.17, 15) is 13.2 Å². The lowest BCUT2D eigenvalue weighted by Gasteiger charge is -2.10. The van der Waals surface area contributed by atoms with Crippen molar-refractivity contribution in [1.82, 2.24) is 9.78 Å². The van der Waals surface area contributed by atoms with Gasteiger partial charge in [0.25, 0.3) is 0 Å². The lowest BCUT2D eigenvalue weighted by Crippen LogP contribution is -2.13. The zero-order valence-electron chi connectivity index (χ0n) is 18.0. The summed E-state index contributed by atoms with van der Waals surface area (Å²) in [5, 5.41) is 5.55. The van der Waals surface area contributed by atoms with Crippen molar-refractivity contribution >= 4 is 49.6 Å². The number of primary amides is 1. The maximum atomic E-state index is 13.0. The molecule has 1 unspecified atom stereocenters. The quantitative estimate of drug-likeness (QED) is 0.381. The summed E-state index contributed by atoms with van der Waals surface area (Å²) < 4.78 is 33.9. The predicted molar refractivity (Wildman–Crippen MR) is 130 cm³/mol. The van der Waals surface area contributed by atoms with Gasteiger partial charge < -0.3 is 10.5 Å². The summed E-state index contributed by atoms with van der Waals surface area (Å²) in [5.74, 6) is -0.418. The number of fused-ring (bicyclic) bond motifs is 1. The summed E-state index contributed by atoms with van der Waals surface area (Å²) in [6, 6.07) is 15.7. The van der Waals surface area contributed by atoms with E-state index in [0.29, 0.717) is 27.9 Å². The number of nitrogens with two attached hydrogens (primary N) is 1. The summed E-state index contributed by atoms with van der Waals surface area (Å²) in [7, 11) is -1.98. The van der Waals surface area contributed by atoms with E-state index in [1.165, 1.54) is 6.07 Å². The van der Waals surface area contributed by atoms with E-state index in [2.05, 4.69) is 0 Å². The Balaban J connectivity index is 1.75. The third-order valence-electron chi connectivity index (χ3n) is 5.32. The van der Waals surface area contributed by atoms with E-state index < -0.39 is 21.7 Å². The van der Waals surface area contributed by atoms with Gasteiger partial charge in [-0.1, -0.05) is 36.7 Å². The molecule has 2 N–H and O–H groups in total. The highest BCUT2D eigenvalue weighted by atomic mass is 35.5. The number of hydrogen-bond donors (Lipinski definition) is 1. The number of amides is 1. The Morgan fingerprint density at radius 2 is 1.97 bits per heavy atom. The Morgan fingerprint density at radius 1 is 1.21 bits per heavy atom. The first kappa shape index (κ1) is 23.3. The number of aromatic nitrogens is 2. The average molecular weight is 504 g/mol. The maximum Gasteiger partial charge on any atom is 0.248 e. The molecule has 0 aliphatic rings. The lowest BCUT2D eigenvalue weighted by atomic mass is 10.1. The SMILES string of the molecule is COc1cccc2c1c(C(C)CS(=O)(=O)c1ccc(Cl)s1)nn2Cc1cccc(C(N)=O)c1. The number of rotatable bonds is 8. The average Bonchev–Trinajstić information content (AvgIpc) is 3.38. The van der Waals surface area contributed by atoms with Crippen LogP contribution in [0.5, 0.6) is 5.75 Å². The summed E-state index contributed by atoms with van der Waals surface area (Å²) in [6.45, 7) is 2.21. The van der Waals surface area contributed by atoms with Crippen molar-refractivity contribution < 1.29 is 17.9 Å². The van der Waals surface area contributed by atoms with Crippen LogP contribution in [0.15, 0.2) is 58.8 Å². The molecule has 0 aliphatic heterocycles. The van der Waals surface area contributed by atoms with Gasteiger partial charge in [-0.05, 0) is 42.0 Å². The van der Waals surface area contributed by atoms with Gasteiger partial charge in [-0.15, -0.1) is 11.3 Å². The molecular formula is C23H22ClN3O4S2. The third kappa shape index (κ3) is 4.75. The van der Waals surface area contributed by atoms with Gasteiger partial charge in [0.15, 0.2) is 9.84 Å². The Kier molecular flexibility index (Phi) is 6.47. The minimum absolute atomic E-state index is 0.120. The van der Waals surface area contributed by atoms with Crippen LogP contribution in [0, 0.1) is 0 Å². The molecule has 10 heteroatoms. The van der Waals surface area contributed by atoms with Crippen LogP contribution in [-0.2, 0) is 16.4 Å². The first-order valence-corrected chi connectivity index (χ1v) is 12.9. The molecule has 0 spiro atoms. The number of thiophene rings is 1. The topological polar surface area (TPSA) is 104 Å². The highest BCUT2D eigenvalue weighted by molar-refractivity contribution is 7.93. The molecule has 0 fully saturated rings. The lowest BCUT2D eigenvalue weighted by molar-refractivity contribution is 0.1000. The van der Waals surface area contributed by atoms with E-state index in [-0.39, 0.29) is 9.96 Å². The summed E-state index contributed by atoms with van der Waals surface area (Å²) in [4.78, 5) is 11.6. The third-order valence-corrected chi connectivity index (χ3v) is 9.05. The van der Waals surface area contributed by atoms with Gasteiger partial charge in [0.2, 0.25) is 5.91 Å². The van der Waals surface area contributed by atoms with Crippen LogP contribution in [0.1, 0.15) is 34.5 Å². The standard InChI is InChI=1S/C23H22ClN3O4S2/c1-14(13-33(29,30)20-10-9-19(24)32-20)22-21-17(7-4-8-18(21)31-2)27(26-22)12-15-5-3-6-16(11-15)23(25)28/h3-11,14H,12-13H2,1-2H3,(H2,25,28). The number of halogens is 1. The minimum atomic E-state index is -3.55. The Morgan fingerprint density at radius 3 is 2.64 bits per heavy atom. The van der Waals surface area contributed by atoms with E-state index in [1.807, 2.05) is 31.2 Å². The van der Waals surface area contributed by atoms with Crippen molar-refractivity contribution in [1.29, 1.82) is 0 Å². The van der Waals surface area contributed by atoms with E-state index in [0.717, 1.165) is 27.8 Å². The smallest absolute Gasteiger partial charge is 0.248 e. The van der Waals surface area contributed by atoms with Crippen LogP contribution in [-0.4, -0.2) is 37.0 Å². The second-order valence-electron chi connectivity index (χ2n) is 7.70. The van der Waals surface area contributed by atoms with Crippen LogP contribution in [0.3, 0.4) is 0 Å². The molecule has 172 valence electrons.